The van der Waals surface area contributed by atoms with E-state index in [-0.39, 0.29) is 12.6 Å². The fourth-order valence-electron chi connectivity index (χ4n) is 3.08. The van der Waals surface area contributed by atoms with Crippen molar-refractivity contribution in [2.45, 2.75) is 58.2 Å². The molecule has 2 aromatic rings. The zero-order chi connectivity index (χ0) is 15.4. The van der Waals surface area contributed by atoms with Gasteiger partial charge in [-0.2, -0.15) is 11.3 Å². The third-order valence-electron chi connectivity index (χ3n) is 4.39. The molecule has 2 heterocycles. The van der Waals surface area contributed by atoms with E-state index in [2.05, 4.69) is 28.7 Å². The zero-order valence-electron chi connectivity index (χ0n) is 13.1. The van der Waals surface area contributed by atoms with Gasteiger partial charge in [-0.05, 0) is 54.5 Å². The second kappa shape index (κ2) is 7.68. The number of fused-ring (bicyclic) bond motifs is 1. The first-order valence-corrected chi connectivity index (χ1v) is 9.89. The number of hydrogen-bond donors (Lipinski definition) is 1. The molecule has 1 atom stereocenters. The van der Waals surface area contributed by atoms with Crippen LogP contribution in [0.3, 0.4) is 0 Å². The molecule has 0 spiro atoms. The summed E-state index contributed by atoms with van der Waals surface area (Å²) in [4.78, 5) is 8.74. The molecule has 0 unspecified atom stereocenters. The first-order chi connectivity index (χ1) is 10.8. The Morgan fingerprint density at radius 3 is 2.86 bits per heavy atom. The standard InChI is InChI=1S/C17H24N2OS2/c1-2-14(11-20)19(9-13-7-8-21-12-13)10-17-18-15-5-3-4-6-16(15)22-17/h7-8,12,14,20H,2-6,9-11H2,1H3/t14-/m0/s1. The lowest BCUT2D eigenvalue weighted by Gasteiger charge is -2.28. The Morgan fingerprint density at radius 2 is 2.18 bits per heavy atom. The predicted molar refractivity (Wildman–Crippen MR) is 93.5 cm³/mol. The molecule has 5 heteroatoms. The van der Waals surface area contributed by atoms with Crippen molar-refractivity contribution < 1.29 is 5.11 Å². The summed E-state index contributed by atoms with van der Waals surface area (Å²) in [5.74, 6) is 0. The molecule has 0 aromatic carbocycles. The fraction of sp³-hybridized carbons (Fsp3) is 0.588. The van der Waals surface area contributed by atoms with Crippen LogP contribution in [0.4, 0.5) is 0 Å². The molecule has 2 aromatic heterocycles. The largest absolute Gasteiger partial charge is 0.395 e. The van der Waals surface area contributed by atoms with Gasteiger partial charge in [-0.1, -0.05) is 6.92 Å². The van der Waals surface area contributed by atoms with Crippen LogP contribution in [0.1, 0.15) is 47.3 Å². The third-order valence-corrected chi connectivity index (χ3v) is 6.27. The van der Waals surface area contributed by atoms with E-state index in [4.69, 9.17) is 4.98 Å². The van der Waals surface area contributed by atoms with Crippen LogP contribution >= 0.6 is 22.7 Å². The second-order valence-electron chi connectivity index (χ2n) is 5.97. The highest BCUT2D eigenvalue weighted by Gasteiger charge is 2.21. The second-order valence-corrected chi connectivity index (χ2v) is 7.91. The predicted octanol–water partition coefficient (Wildman–Crippen LogP) is 3.86. The molecule has 0 fully saturated rings. The van der Waals surface area contributed by atoms with Gasteiger partial charge in [-0.15, -0.1) is 11.3 Å². The van der Waals surface area contributed by atoms with Gasteiger partial charge in [0.25, 0.3) is 0 Å². The number of aliphatic hydroxyl groups excluding tert-OH is 1. The van der Waals surface area contributed by atoms with Gasteiger partial charge >= 0.3 is 0 Å². The van der Waals surface area contributed by atoms with Crippen molar-refractivity contribution in [3.05, 3.63) is 38.0 Å². The molecule has 3 rings (SSSR count). The minimum Gasteiger partial charge on any atom is -0.395 e. The molecule has 0 aliphatic heterocycles. The summed E-state index contributed by atoms with van der Waals surface area (Å²) in [6.07, 6.45) is 5.90. The van der Waals surface area contributed by atoms with Crippen molar-refractivity contribution in [3.8, 4) is 0 Å². The Hall–Kier alpha value is -0.750. The van der Waals surface area contributed by atoms with Gasteiger partial charge in [0.2, 0.25) is 0 Å². The minimum absolute atomic E-state index is 0.209. The van der Waals surface area contributed by atoms with E-state index < -0.39 is 0 Å². The highest BCUT2D eigenvalue weighted by molar-refractivity contribution is 7.11. The van der Waals surface area contributed by atoms with E-state index in [0.717, 1.165) is 25.9 Å². The van der Waals surface area contributed by atoms with Gasteiger partial charge in [0.15, 0.2) is 0 Å². The van der Waals surface area contributed by atoms with Gasteiger partial charge in [0, 0.05) is 17.5 Å². The van der Waals surface area contributed by atoms with E-state index in [1.54, 1.807) is 11.3 Å². The van der Waals surface area contributed by atoms with Crippen molar-refractivity contribution in [2.24, 2.45) is 0 Å². The van der Waals surface area contributed by atoms with Crippen LogP contribution in [0, 0.1) is 0 Å². The molecule has 3 nitrogen and oxygen atoms in total. The zero-order valence-corrected chi connectivity index (χ0v) is 14.8. The van der Waals surface area contributed by atoms with Crippen LogP contribution in [0.25, 0.3) is 0 Å². The Bertz CT molecular complexity index is 552. The number of hydrogen-bond acceptors (Lipinski definition) is 5. The van der Waals surface area contributed by atoms with E-state index >= 15 is 0 Å². The van der Waals surface area contributed by atoms with Crippen LogP contribution in [0.5, 0.6) is 0 Å². The molecular formula is C17H24N2OS2. The molecule has 120 valence electrons. The number of aromatic nitrogens is 1. The maximum absolute atomic E-state index is 9.71. The van der Waals surface area contributed by atoms with Gasteiger partial charge < -0.3 is 5.11 Å². The van der Waals surface area contributed by atoms with Gasteiger partial charge in [0.1, 0.15) is 5.01 Å². The molecule has 0 radical (unpaired) electrons. The van der Waals surface area contributed by atoms with Crippen molar-refractivity contribution in [1.82, 2.24) is 9.88 Å². The summed E-state index contributed by atoms with van der Waals surface area (Å²) in [6.45, 7) is 4.11. The van der Waals surface area contributed by atoms with Gasteiger partial charge in [-0.25, -0.2) is 4.98 Å². The Morgan fingerprint density at radius 1 is 1.32 bits per heavy atom. The molecule has 0 amide bonds. The first kappa shape index (κ1) is 16.1. The number of nitrogens with zero attached hydrogens (tertiary/aromatic N) is 2. The maximum Gasteiger partial charge on any atom is 0.107 e. The number of aryl methyl sites for hydroxylation is 2. The van der Waals surface area contributed by atoms with Crippen LogP contribution in [-0.2, 0) is 25.9 Å². The molecule has 0 bridgehead atoms. The van der Waals surface area contributed by atoms with Crippen molar-refractivity contribution >= 4 is 22.7 Å². The lowest BCUT2D eigenvalue weighted by atomic mass is 10.0. The summed E-state index contributed by atoms with van der Waals surface area (Å²) in [5.41, 5.74) is 2.66. The molecule has 1 N–H and O–H groups in total. The topological polar surface area (TPSA) is 36.4 Å². The molecular weight excluding hydrogens is 312 g/mol. The fourth-order valence-corrected chi connectivity index (χ4v) is 4.92. The average Bonchev–Trinajstić information content (AvgIpc) is 3.17. The average molecular weight is 337 g/mol. The van der Waals surface area contributed by atoms with Crippen LogP contribution in [-0.4, -0.2) is 27.6 Å². The van der Waals surface area contributed by atoms with E-state index in [1.807, 2.05) is 11.3 Å². The molecule has 0 saturated heterocycles. The van der Waals surface area contributed by atoms with Gasteiger partial charge in [-0.3, -0.25) is 4.90 Å². The minimum atomic E-state index is 0.209. The summed E-state index contributed by atoms with van der Waals surface area (Å²) in [5, 5.41) is 15.2. The van der Waals surface area contributed by atoms with Crippen LogP contribution in [0.15, 0.2) is 16.8 Å². The molecule has 1 aliphatic carbocycles. The quantitative estimate of drug-likeness (QED) is 0.834. The van der Waals surface area contributed by atoms with Crippen LogP contribution < -0.4 is 0 Å². The number of thiophene rings is 1. The summed E-state index contributed by atoms with van der Waals surface area (Å²) < 4.78 is 0. The van der Waals surface area contributed by atoms with Crippen molar-refractivity contribution in [2.75, 3.05) is 6.61 Å². The van der Waals surface area contributed by atoms with E-state index in [1.165, 1.54) is 40.4 Å². The summed E-state index contributed by atoms with van der Waals surface area (Å²) in [6, 6.07) is 2.38. The Kier molecular flexibility index (Phi) is 5.63. The third kappa shape index (κ3) is 3.77. The van der Waals surface area contributed by atoms with Gasteiger partial charge in [0.05, 0.1) is 18.8 Å². The highest BCUT2D eigenvalue weighted by atomic mass is 32.1. The lowest BCUT2D eigenvalue weighted by molar-refractivity contribution is 0.107. The van der Waals surface area contributed by atoms with E-state index in [9.17, 15) is 5.11 Å². The maximum atomic E-state index is 9.71. The van der Waals surface area contributed by atoms with Crippen LogP contribution in [0.2, 0.25) is 0 Å². The highest BCUT2D eigenvalue weighted by Crippen LogP contribution is 2.28. The number of rotatable bonds is 7. The smallest absolute Gasteiger partial charge is 0.107 e. The number of thiazole rings is 1. The summed E-state index contributed by atoms with van der Waals surface area (Å²) in [7, 11) is 0. The number of aliphatic hydroxyl groups is 1. The molecule has 22 heavy (non-hydrogen) atoms. The molecule has 0 saturated carbocycles. The Balaban J connectivity index is 1.75. The van der Waals surface area contributed by atoms with Crippen molar-refractivity contribution in [3.63, 3.8) is 0 Å². The normalized spacial score (nSPS) is 16.0. The van der Waals surface area contributed by atoms with E-state index in [0.29, 0.717) is 0 Å². The SMILES string of the molecule is CC[C@@H](CO)N(Cc1ccsc1)Cc1nc2c(s1)CCCC2. The lowest BCUT2D eigenvalue weighted by Crippen LogP contribution is -2.36. The molecule has 1 aliphatic rings. The summed E-state index contributed by atoms with van der Waals surface area (Å²) >= 11 is 3.62. The monoisotopic (exact) mass is 336 g/mol. The van der Waals surface area contributed by atoms with Crippen molar-refractivity contribution in [1.29, 1.82) is 0 Å². The first-order valence-electron chi connectivity index (χ1n) is 8.13. The Labute approximate surface area is 140 Å².